The molecule has 0 unspecified atom stereocenters. The van der Waals surface area contributed by atoms with Crippen LogP contribution in [0.4, 0.5) is 0 Å². The molecule has 0 spiro atoms. The summed E-state index contributed by atoms with van der Waals surface area (Å²) >= 11 is 0. The lowest BCUT2D eigenvalue weighted by atomic mass is 10.2. The molecule has 134 valence electrons. The second-order valence-electron chi connectivity index (χ2n) is 6.55. The van der Waals surface area contributed by atoms with E-state index < -0.39 is 5.97 Å². The number of nitrogens with zero attached hydrogens (tertiary/aromatic N) is 2. The summed E-state index contributed by atoms with van der Waals surface area (Å²) in [6.07, 6.45) is 3.65. The molecule has 4 rings (SSSR count). The Kier molecular flexibility index (Phi) is 4.35. The Labute approximate surface area is 145 Å². The molecule has 1 aliphatic carbocycles. The molecule has 0 atom stereocenters. The highest BCUT2D eigenvalue weighted by Crippen LogP contribution is 2.37. The van der Waals surface area contributed by atoms with Gasteiger partial charge in [0.1, 0.15) is 11.3 Å². The number of esters is 1. The first-order valence-electron chi connectivity index (χ1n) is 8.82. The first kappa shape index (κ1) is 16.4. The first-order valence-corrected chi connectivity index (χ1v) is 8.82. The molecule has 0 radical (unpaired) electrons. The highest BCUT2D eigenvalue weighted by atomic mass is 16.5. The van der Waals surface area contributed by atoms with E-state index in [-0.39, 0.29) is 17.6 Å². The second-order valence-corrected chi connectivity index (χ2v) is 6.55. The van der Waals surface area contributed by atoms with E-state index in [0.717, 1.165) is 31.7 Å². The largest absolute Gasteiger partial charge is 0.462 e. The zero-order valence-electron chi connectivity index (χ0n) is 14.3. The summed E-state index contributed by atoms with van der Waals surface area (Å²) in [4.78, 5) is 27.1. The van der Waals surface area contributed by atoms with Gasteiger partial charge in [0.2, 0.25) is 11.1 Å². The van der Waals surface area contributed by atoms with Gasteiger partial charge in [-0.05, 0) is 25.8 Å². The molecule has 2 aromatic rings. The number of carbonyl (C=O) groups is 1. The number of fused-ring (bicyclic) bond motifs is 1. The third kappa shape index (κ3) is 3.21. The molecule has 1 aliphatic heterocycles. The molecule has 2 fully saturated rings. The third-order valence-corrected chi connectivity index (χ3v) is 4.67. The zero-order chi connectivity index (χ0) is 17.4. The van der Waals surface area contributed by atoms with Crippen molar-refractivity contribution in [1.82, 2.24) is 9.47 Å². The lowest BCUT2D eigenvalue weighted by molar-refractivity contribution is 0.0315. The Morgan fingerprint density at radius 1 is 1.32 bits per heavy atom. The van der Waals surface area contributed by atoms with Crippen LogP contribution < -0.4 is 5.43 Å². The van der Waals surface area contributed by atoms with E-state index in [1.807, 2.05) is 4.57 Å². The van der Waals surface area contributed by atoms with Gasteiger partial charge in [-0.25, -0.2) is 4.79 Å². The molecule has 2 aromatic heterocycles. The van der Waals surface area contributed by atoms with Crippen LogP contribution in [0.25, 0.3) is 11.1 Å². The van der Waals surface area contributed by atoms with Gasteiger partial charge < -0.3 is 18.5 Å². The lowest BCUT2D eigenvalue weighted by Crippen LogP contribution is -2.35. The average Bonchev–Trinajstić information content (AvgIpc) is 3.36. The van der Waals surface area contributed by atoms with Crippen LogP contribution in [0.2, 0.25) is 0 Å². The van der Waals surface area contributed by atoms with Crippen molar-refractivity contribution in [2.24, 2.45) is 0 Å². The Morgan fingerprint density at radius 3 is 2.76 bits per heavy atom. The first-order chi connectivity index (χ1) is 12.2. The lowest BCUT2D eigenvalue weighted by Gasteiger charge is -2.25. The summed E-state index contributed by atoms with van der Waals surface area (Å²) in [6.45, 7) is 5.72. The monoisotopic (exact) mass is 346 g/mol. The maximum Gasteiger partial charge on any atom is 0.343 e. The van der Waals surface area contributed by atoms with Gasteiger partial charge in [0, 0.05) is 25.3 Å². The standard InChI is InChI=1S/C18H22N2O5/c1-2-24-18(22)15-11-20(12-3-4-12)17-14(16(15)21)9-13(25-17)10-19-5-7-23-8-6-19/h9,11-12H,2-8,10H2,1H3. The molecule has 7 heteroatoms. The number of furan rings is 1. The predicted molar refractivity (Wildman–Crippen MR) is 90.8 cm³/mol. The van der Waals surface area contributed by atoms with E-state index in [1.54, 1.807) is 19.2 Å². The molecule has 0 bridgehead atoms. The third-order valence-electron chi connectivity index (χ3n) is 4.67. The van der Waals surface area contributed by atoms with Crippen molar-refractivity contribution in [2.75, 3.05) is 32.9 Å². The molecule has 0 aromatic carbocycles. The summed E-state index contributed by atoms with van der Waals surface area (Å²) in [5, 5.41) is 0.459. The van der Waals surface area contributed by atoms with E-state index in [1.165, 1.54) is 0 Å². The van der Waals surface area contributed by atoms with Crippen LogP contribution in [0.3, 0.4) is 0 Å². The van der Waals surface area contributed by atoms with Gasteiger partial charge >= 0.3 is 5.97 Å². The fourth-order valence-corrected chi connectivity index (χ4v) is 3.22. The number of hydrogen-bond donors (Lipinski definition) is 0. The Bertz CT molecular complexity index is 843. The van der Waals surface area contributed by atoms with Crippen LogP contribution in [-0.4, -0.2) is 48.3 Å². The minimum atomic E-state index is -0.570. The van der Waals surface area contributed by atoms with Crippen molar-refractivity contribution in [2.45, 2.75) is 32.4 Å². The zero-order valence-corrected chi connectivity index (χ0v) is 14.3. The van der Waals surface area contributed by atoms with Crippen molar-refractivity contribution < 1.29 is 18.7 Å². The number of aromatic nitrogens is 1. The minimum Gasteiger partial charge on any atom is -0.462 e. The average molecular weight is 346 g/mol. The molecule has 1 saturated carbocycles. The number of ether oxygens (including phenoxy) is 2. The number of rotatable bonds is 5. The highest BCUT2D eigenvalue weighted by molar-refractivity contribution is 5.93. The van der Waals surface area contributed by atoms with Crippen molar-refractivity contribution in [3.8, 4) is 0 Å². The van der Waals surface area contributed by atoms with E-state index >= 15 is 0 Å². The second kappa shape index (κ2) is 6.65. The predicted octanol–water partition coefficient (Wildman–Crippen LogP) is 1.94. The highest BCUT2D eigenvalue weighted by Gasteiger charge is 2.29. The molecule has 25 heavy (non-hydrogen) atoms. The maximum absolute atomic E-state index is 12.7. The topological polar surface area (TPSA) is 73.9 Å². The van der Waals surface area contributed by atoms with Crippen LogP contribution in [-0.2, 0) is 16.0 Å². The Hall–Kier alpha value is -2.12. The molecule has 0 N–H and O–H groups in total. The van der Waals surface area contributed by atoms with Crippen molar-refractivity contribution in [1.29, 1.82) is 0 Å². The number of hydrogen-bond acceptors (Lipinski definition) is 6. The molecule has 0 amide bonds. The van der Waals surface area contributed by atoms with E-state index in [2.05, 4.69) is 4.90 Å². The van der Waals surface area contributed by atoms with Crippen LogP contribution >= 0.6 is 0 Å². The van der Waals surface area contributed by atoms with Gasteiger partial charge in [-0.1, -0.05) is 0 Å². The fraction of sp³-hybridized carbons (Fsp3) is 0.556. The Morgan fingerprint density at radius 2 is 2.08 bits per heavy atom. The van der Waals surface area contributed by atoms with Crippen LogP contribution in [0.1, 0.15) is 41.9 Å². The maximum atomic E-state index is 12.7. The van der Waals surface area contributed by atoms with Gasteiger partial charge in [-0.3, -0.25) is 9.69 Å². The van der Waals surface area contributed by atoms with E-state index in [9.17, 15) is 9.59 Å². The number of morpholine rings is 1. The number of carbonyl (C=O) groups excluding carboxylic acids is 1. The summed E-state index contributed by atoms with van der Waals surface area (Å²) in [5.41, 5.74) is 0.325. The van der Waals surface area contributed by atoms with Gasteiger partial charge in [0.05, 0.1) is 31.8 Å². The van der Waals surface area contributed by atoms with Crippen molar-refractivity contribution >= 4 is 17.1 Å². The summed E-state index contributed by atoms with van der Waals surface area (Å²) in [6, 6.07) is 2.06. The molecule has 1 saturated heterocycles. The van der Waals surface area contributed by atoms with Crippen LogP contribution in [0, 0.1) is 0 Å². The van der Waals surface area contributed by atoms with Gasteiger partial charge in [0.15, 0.2) is 0 Å². The summed E-state index contributed by atoms with van der Waals surface area (Å²) in [5.74, 6) is 0.170. The molecular weight excluding hydrogens is 324 g/mol. The van der Waals surface area contributed by atoms with E-state index in [0.29, 0.717) is 36.9 Å². The molecule has 7 nitrogen and oxygen atoms in total. The van der Waals surface area contributed by atoms with Gasteiger partial charge in [-0.2, -0.15) is 0 Å². The smallest absolute Gasteiger partial charge is 0.343 e. The quantitative estimate of drug-likeness (QED) is 0.771. The normalized spacial score (nSPS) is 18.6. The van der Waals surface area contributed by atoms with Crippen molar-refractivity contribution in [3.05, 3.63) is 33.8 Å². The fourth-order valence-electron chi connectivity index (χ4n) is 3.22. The van der Waals surface area contributed by atoms with Crippen LogP contribution in [0.5, 0.6) is 0 Å². The van der Waals surface area contributed by atoms with Crippen LogP contribution in [0.15, 0.2) is 21.5 Å². The molecular formula is C18H22N2O5. The van der Waals surface area contributed by atoms with Gasteiger partial charge in [-0.15, -0.1) is 0 Å². The van der Waals surface area contributed by atoms with E-state index in [4.69, 9.17) is 13.9 Å². The Balaban J connectivity index is 1.74. The number of pyridine rings is 1. The summed E-state index contributed by atoms with van der Waals surface area (Å²) < 4.78 is 18.3. The molecule has 2 aliphatic rings. The summed E-state index contributed by atoms with van der Waals surface area (Å²) in [7, 11) is 0. The molecule has 3 heterocycles. The minimum absolute atomic E-state index is 0.0833. The SMILES string of the molecule is CCOC(=O)c1cn(C2CC2)c2oc(CN3CCOCC3)cc2c1=O. The van der Waals surface area contributed by atoms with Gasteiger partial charge in [0.25, 0.3) is 0 Å². The van der Waals surface area contributed by atoms with Crippen molar-refractivity contribution in [3.63, 3.8) is 0 Å².